The van der Waals surface area contributed by atoms with Gasteiger partial charge in [0, 0.05) is 13.2 Å². The van der Waals surface area contributed by atoms with E-state index in [-0.39, 0.29) is 0 Å². The molecule has 0 saturated heterocycles. The standard InChI is InChI=1S/C12H27NO/c1-11(2)9-14-8-6-5-7-12(3,4)10-13/h11H,5-10,13H2,1-4H3. The number of rotatable bonds is 8. The molecule has 2 heteroatoms. The molecular formula is C12H27NO. The Morgan fingerprint density at radius 3 is 2.36 bits per heavy atom. The molecular weight excluding hydrogens is 174 g/mol. The summed E-state index contributed by atoms with van der Waals surface area (Å²) in [5.74, 6) is 0.649. The Morgan fingerprint density at radius 2 is 1.86 bits per heavy atom. The Bertz CT molecular complexity index is 132. The molecule has 0 bridgehead atoms. The Morgan fingerprint density at radius 1 is 1.21 bits per heavy atom. The van der Waals surface area contributed by atoms with Crippen LogP contribution in [-0.2, 0) is 4.74 Å². The largest absolute Gasteiger partial charge is 0.381 e. The molecule has 0 unspecified atom stereocenters. The molecule has 2 N–H and O–H groups in total. The van der Waals surface area contributed by atoms with Crippen molar-refractivity contribution in [2.45, 2.75) is 47.0 Å². The van der Waals surface area contributed by atoms with Gasteiger partial charge in [0.15, 0.2) is 0 Å². The number of unbranched alkanes of at least 4 members (excludes halogenated alkanes) is 1. The summed E-state index contributed by atoms with van der Waals surface area (Å²) < 4.78 is 5.51. The van der Waals surface area contributed by atoms with Crippen LogP contribution in [0, 0.1) is 11.3 Å². The summed E-state index contributed by atoms with van der Waals surface area (Å²) in [4.78, 5) is 0. The van der Waals surface area contributed by atoms with Gasteiger partial charge in [0.25, 0.3) is 0 Å². The molecule has 0 rings (SSSR count). The first-order chi connectivity index (χ1) is 6.48. The first kappa shape index (κ1) is 13.9. The van der Waals surface area contributed by atoms with Crippen molar-refractivity contribution in [1.82, 2.24) is 0 Å². The van der Waals surface area contributed by atoms with E-state index >= 15 is 0 Å². The SMILES string of the molecule is CC(C)COCCCCC(C)(C)CN. The van der Waals surface area contributed by atoms with Crippen molar-refractivity contribution < 1.29 is 4.74 Å². The summed E-state index contributed by atoms with van der Waals surface area (Å²) >= 11 is 0. The van der Waals surface area contributed by atoms with Crippen LogP contribution in [-0.4, -0.2) is 19.8 Å². The van der Waals surface area contributed by atoms with E-state index in [1.165, 1.54) is 12.8 Å². The van der Waals surface area contributed by atoms with Gasteiger partial charge in [0.1, 0.15) is 0 Å². The highest BCUT2D eigenvalue weighted by Crippen LogP contribution is 2.20. The molecule has 0 saturated carbocycles. The summed E-state index contributed by atoms with van der Waals surface area (Å²) in [5, 5.41) is 0. The van der Waals surface area contributed by atoms with E-state index in [1.807, 2.05) is 0 Å². The molecule has 0 radical (unpaired) electrons. The lowest BCUT2D eigenvalue weighted by Gasteiger charge is -2.21. The van der Waals surface area contributed by atoms with Gasteiger partial charge in [-0.05, 0) is 30.7 Å². The van der Waals surface area contributed by atoms with Crippen LogP contribution in [0.3, 0.4) is 0 Å². The predicted molar refractivity (Wildman–Crippen MR) is 62.3 cm³/mol. The average molecular weight is 201 g/mol. The molecule has 0 amide bonds. The van der Waals surface area contributed by atoms with Crippen molar-refractivity contribution >= 4 is 0 Å². The van der Waals surface area contributed by atoms with E-state index in [9.17, 15) is 0 Å². The molecule has 0 atom stereocenters. The smallest absolute Gasteiger partial charge is 0.0488 e. The monoisotopic (exact) mass is 201 g/mol. The Balaban J connectivity index is 3.21. The van der Waals surface area contributed by atoms with E-state index in [0.717, 1.165) is 26.2 Å². The Hall–Kier alpha value is -0.0800. The Kier molecular flexibility index (Phi) is 7.20. The molecule has 86 valence electrons. The predicted octanol–water partition coefficient (Wildman–Crippen LogP) is 2.81. The van der Waals surface area contributed by atoms with Crippen LogP contribution < -0.4 is 5.73 Å². The van der Waals surface area contributed by atoms with E-state index in [1.54, 1.807) is 0 Å². The summed E-state index contributed by atoms with van der Waals surface area (Å²) in [6, 6.07) is 0. The summed E-state index contributed by atoms with van der Waals surface area (Å²) in [6.07, 6.45) is 3.59. The number of ether oxygens (including phenoxy) is 1. The van der Waals surface area contributed by atoms with Gasteiger partial charge in [-0.25, -0.2) is 0 Å². The van der Waals surface area contributed by atoms with E-state index < -0.39 is 0 Å². The van der Waals surface area contributed by atoms with Gasteiger partial charge in [-0.15, -0.1) is 0 Å². The molecule has 0 aromatic carbocycles. The van der Waals surface area contributed by atoms with E-state index in [2.05, 4.69) is 27.7 Å². The molecule has 0 spiro atoms. The van der Waals surface area contributed by atoms with Crippen molar-refractivity contribution in [2.75, 3.05) is 19.8 Å². The maximum atomic E-state index is 5.66. The lowest BCUT2D eigenvalue weighted by Crippen LogP contribution is -2.23. The van der Waals surface area contributed by atoms with Crippen LogP contribution in [0.4, 0.5) is 0 Å². The van der Waals surface area contributed by atoms with Crippen molar-refractivity contribution in [2.24, 2.45) is 17.1 Å². The highest BCUT2D eigenvalue weighted by atomic mass is 16.5. The highest BCUT2D eigenvalue weighted by Gasteiger charge is 2.14. The maximum Gasteiger partial charge on any atom is 0.0488 e. The van der Waals surface area contributed by atoms with Gasteiger partial charge in [-0.3, -0.25) is 0 Å². The summed E-state index contributed by atoms with van der Waals surface area (Å²) in [6.45, 7) is 11.4. The maximum absolute atomic E-state index is 5.66. The van der Waals surface area contributed by atoms with Crippen LogP contribution in [0.15, 0.2) is 0 Å². The van der Waals surface area contributed by atoms with Gasteiger partial charge in [0.05, 0.1) is 0 Å². The van der Waals surface area contributed by atoms with Gasteiger partial charge in [-0.1, -0.05) is 34.1 Å². The zero-order chi connectivity index (χ0) is 11.0. The number of nitrogens with two attached hydrogens (primary N) is 1. The quantitative estimate of drug-likeness (QED) is 0.613. The Labute approximate surface area is 89.2 Å². The fourth-order valence-corrected chi connectivity index (χ4v) is 1.23. The summed E-state index contributed by atoms with van der Waals surface area (Å²) in [7, 11) is 0. The zero-order valence-corrected chi connectivity index (χ0v) is 10.3. The third kappa shape index (κ3) is 8.52. The molecule has 14 heavy (non-hydrogen) atoms. The molecule has 0 aliphatic carbocycles. The molecule has 0 aliphatic rings. The van der Waals surface area contributed by atoms with E-state index in [4.69, 9.17) is 10.5 Å². The fraction of sp³-hybridized carbons (Fsp3) is 1.00. The van der Waals surface area contributed by atoms with Crippen LogP contribution >= 0.6 is 0 Å². The first-order valence-corrected chi connectivity index (χ1v) is 5.76. The number of hydrogen-bond donors (Lipinski definition) is 1. The minimum absolute atomic E-state index is 0.304. The van der Waals surface area contributed by atoms with Gasteiger partial charge >= 0.3 is 0 Å². The van der Waals surface area contributed by atoms with Gasteiger partial charge in [0.2, 0.25) is 0 Å². The van der Waals surface area contributed by atoms with Crippen molar-refractivity contribution in [1.29, 1.82) is 0 Å². The second-order valence-corrected chi connectivity index (χ2v) is 5.29. The molecule has 0 aromatic rings. The van der Waals surface area contributed by atoms with Crippen molar-refractivity contribution in [3.63, 3.8) is 0 Å². The molecule has 0 heterocycles. The number of hydrogen-bond acceptors (Lipinski definition) is 2. The minimum atomic E-state index is 0.304. The fourth-order valence-electron chi connectivity index (χ4n) is 1.23. The lowest BCUT2D eigenvalue weighted by molar-refractivity contribution is 0.104. The molecule has 0 fully saturated rings. The first-order valence-electron chi connectivity index (χ1n) is 5.76. The third-order valence-corrected chi connectivity index (χ3v) is 2.40. The topological polar surface area (TPSA) is 35.2 Å². The second kappa shape index (κ2) is 7.24. The van der Waals surface area contributed by atoms with Crippen LogP contribution in [0.1, 0.15) is 47.0 Å². The summed E-state index contributed by atoms with van der Waals surface area (Å²) in [5.41, 5.74) is 5.96. The highest BCUT2D eigenvalue weighted by molar-refractivity contribution is 4.68. The van der Waals surface area contributed by atoms with E-state index in [0.29, 0.717) is 11.3 Å². The average Bonchev–Trinajstić information content (AvgIpc) is 2.10. The van der Waals surface area contributed by atoms with Crippen LogP contribution in [0.5, 0.6) is 0 Å². The minimum Gasteiger partial charge on any atom is -0.381 e. The van der Waals surface area contributed by atoms with Crippen molar-refractivity contribution in [3.8, 4) is 0 Å². The van der Waals surface area contributed by atoms with Gasteiger partial charge < -0.3 is 10.5 Å². The normalized spacial score (nSPS) is 12.4. The zero-order valence-electron chi connectivity index (χ0n) is 10.3. The molecule has 0 aromatic heterocycles. The van der Waals surface area contributed by atoms with Crippen LogP contribution in [0.2, 0.25) is 0 Å². The second-order valence-electron chi connectivity index (χ2n) is 5.29. The van der Waals surface area contributed by atoms with Crippen molar-refractivity contribution in [3.05, 3.63) is 0 Å². The van der Waals surface area contributed by atoms with Crippen LogP contribution in [0.25, 0.3) is 0 Å². The molecule has 0 aliphatic heterocycles. The van der Waals surface area contributed by atoms with Gasteiger partial charge in [-0.2, -0.15) is 0 Å². The third-order valence-electron chi connectivity index (χ3n) is 2.40. The lowest BCUT2D eigenvalue weighted by atomic mass is 9.87. The molecule has 2 nitrogen and oxygen atoms in total.